The Bertz CT molecular complexity index is 504. The first-order valence-electron chi connectivity index (χ1n) is 6.68. The number of hydrogen-bond donors (Lipinski definition) is 2. The third-order valence-electron chi connectivity index (χ3n) is 3.25. The molecule has 0 radical (unpaired) electrons. The molecule has 1 saturated heterocycles. The van der Waals surface area contributed by atoms with Gasteiger partial charge in [-0.1, -0.05) is 12.1 Å². The zero-order valence-electron chi connectivity index (χ0n) is 11.5. The second kappa shape index (κ2) is 6.38. The molecule has 1 aromatic rings. The maximum absolute atomic E-state index is 12.6. The molecule has 0 bridgehead atoms. The number of ether oxygens (including phenoxy) is 1. The van der Waals surface area contributed by atoms with Crippen molar-refractivity contribution in [3.05, 3.63) is 29.8 Å². The topological polar surface area (TPSA) is 84.7 Å². The van der Waals surface area contributed by atoms with Crippen molar-refractivity contribution in [3.8, 4) is 5.75 Å². The largest absolute Gasteiger partial charge is 0.493 e. The van der Waals surface area contributed by atoms with E-state index in [1.54, 1.807) is 18.2 Å². The molecule has 108 valence electrons. The van der Waals surface area contributed by atoms with Crippen molar-refractivity contribution in [3.63, 3.8) is 0 Å². The maximum Gasteiger partial charge on any atom is 0.258 e. The predicted octanol–water partition coefficient (Wildman–Crippen LogP) is -0.0154. The molecule has 1 atom stereocenters. The number of carbonyl (C=O) groups excluding carboxylic acids is 2. The number of hydrogen-bond acceptors (Lipinski definition) is 4. The van der Waals surface area contributed by atoms with Gasteiger partial charge in [0.15, 0.2) is 0 Å². The minimum absolute atomic E-state index is 0.223. The van der Waals surface area contributed by atoms with E-state index in [-0.39, 0.29) is 5.91 Å². The molecule has 0 saturated carbocycles. The Morgan fingerprint density at radius 3 is 2.90 bits per heavy atom. The normalized spacial score (nSPS) is 18.6. The number of carbonyl (C=O) groups is 2. The molecular formula is C14H19N3O3. The SMILES string of the molecule is CCOc1ccccc1C(=O)N1CCNCC1C(N)=O. The Morgan fingerprint density at radius 1 is 1.45 bits per heavy atom. The first-order chi connectivity index (χ1) is 9.65. The molecule has 2 rings (SSSR count). The molecule has 1 aliphatic heterocycles. The van der Waals surface area contributed by atoms with Crippen molar-refractivity contribution in [2.75, 3.05) is 26.2 Å². The van der Waals surface area contributed by atoms with Crippen molar-refractivity contribution in [2.45, 2.75) is 13.0 Å². The van der Waals surface area contributed by atoms with Crippen LogP contribution in [0, 0.1) is 0 Å². The zero-order valence-corrected chi connectivity index (χ0v) is 11.5. The van der Waals surface area contributed by atoms with Crippen LogP contribution in [0.4, 0.5) is 0 Å². The summed E-state index contributed by atoms with van der Waals surface area (Å²) in [6.07, 6.45) is 0. The molecule has 1 fully saturated rings. The van der Waals surface area contributed by atoms with Crippen LogP contribution in [0.15, 0.2) is 24.3 Å². The van der Waals surface area contributed by atoms with Crippen LogP contribution in [0.1, 0.15) is 17.3 Å². The van der Waals surface area contributed by atoms with Crippen molar-refractivity contribution in [2.24, 2.45) is 5.73 Å². The van der Waals surface area contributed by atoms with E-state index in [2.05, 4.69) is 5.32 Å². The summed E-state index contributed by atoms with van der Waals surface area (Å²) in [4.78, 5) is 25.6. The minimum atomic E-state index is -0.620. The highest BCUT2D eigenvalue weighted by Crippen LogP contribution is 2.21. The molecule has 20 heavy (non-hydrogen) atoms. The Hall–Kier alpha value is -2.08. The van der Waals surface area contributed by atoms with Crippen LogP contribution in [-0.2, 0) is 4.79 Å². The Kier molecular flexibility index (Phi) is 4.57. The van der Waals surface area contributed by atoms with Crippen LogP contribution < -0.4 is 15.8 Å². The number of primary amides is 1. The molecule has 3 N–H and O–H groups in total. The Labute approximate surface area is 117 Å². The lowest BCUT2D eigenvalue weighted by Crippen LogP contribution is -2.58. The fraction of sp³-hybridized carbons (Fsp3) is 0.429. The molecule has 2 amide bonds. The van der Waals surface area contributed by atoms with Gasteiger partial charge in [0.2, 0.25) is 5.91 Å². The van der Waals surface area contributed by atoms with Crippen molar-refractivity contribution in [1.29, 1.82) is 0 Å². The summed E-state index contributed by atoms with van der Waals surface area (Å²) in [5.74, 6) is -0.194. The summed E-state index contributed by atoms with van der Waals surface area (Å²) in [7, 11) is 0. The van der Waals surface area contributed by atoms with E-state index in [9.17, 15) is 9.59 Å². The van der Waals surface area contributed by atoms with E-state index in [0.29, 0.717) is 37.6 Å². The van der Waals surface area contributed by atoms with Crippen LogP contribution in [0.2, 0.25) is 0 Å². The number of nitrogens with one attached hydrogen (secondary N) is 1. The van der Waals surface area contributed by atoms with E-state index in [1.165, 1.54) is 4.90 Å². The lowest BCUT2D eigenvalue weighted by atomic mass is 10.1. The van der Waals surface area contributed by atoms with Crippen molar-refractivity contribution in [1.82, 2.24) is 10.2 Å². The standard InChI is InChI=1S/C14H19N3O3/c1-2-20-12-6-4-3-5-10(12)14(19)17-8-7-16-9-11(17)13(15)18/h3-6,11,16H,2,7-9H2,1H3,(H2,15,18). The minimum Gasteiger partial charge on any atom is -0.493 e. The molecular weight excluding hydrogens is 258 g/mol. The van der Waals surface area contributed by atoms with E-state index in [0.717, 1.165) is 0 Å². The van der Waals surface area contributed by atoms with Crippen LogP contribution in [0.3, 0.4) is 0 Å². The van der Waals surface area contributed by atoms with Gasteiger partial charge in [-0.3, -0.25) is 9.59 Å². The van der Waals surface area contributed by atoms with E-state index in [1.807, 2.05) is 13.0 Å². The molecule has 1 aromatic carbocycles. The third-order valence-corrected chi connectivity index (χ3v) is 3.25. The van der Waals surface area contributed by atoms with Crippen LogP contribution >= 0.6 is 0 Å². The summed E-state index contributed by atoms with van der Waals surface area (Å²) in [6, 6.07) is 6.42. The molecule has 0 spiro atoms. The highest BCUT2D eigenvalue weighted by molar-refractivity contribution is 5.99. The second-order valence-corrected chi connectivity index (χ2v) is 4.55. The molecule has 1 aliphatic rings. The number of piperazine rings is 1. The predicted molar refractivity (Wildman–Crippen MR) is 74.5 cm³/mol. The van der Waals surface area contributed by atoms with Crippen molar-refractivity contribution >= 4 is 11.8 Å². The molecule has 0 aliphatic carbocycles. The van der Waals surface area contributed by atoms with E-state index >= 15 is 0 Å². The van der Waals surface area contributed by atoms with E-state index < -0.39 is 11.9 Å². The Morgan fingerprint density at radius 2 is 2.20 bits per heavy atom. The number of rotatable bonds is 4. The Balaban J connectivity index is 2.27. The number of nitrogens with two attached hydrogens (primary N) is 1. The smallest absolute Gasteiger partial charge is 0.258 e. The number of para-hydroxylation sites is 1. The number of nitrogens with zero attached hydrogens (tertiary/aromatic N) is 1. The van der Waals surface area contributed by atoms with Gasteiger partial charge in [-0.15, -0.1) is 0 Å². The second-order valence-electron chi connectivity index (χ2n) is 4.55. The molecule has 0 aromatic heterocycles. The van der Waals surface area contributed by atoms with Gasteiger partial charge in [0.05, 0.1) is 12.2 Å². The van der Waals surface area contributed by atoms with Gasteiger partial charge in [-0.25, -0.2) is 0 Å². The summed E-state index contributed by atoms with van der Waals surface area (Å²) >= 11 is 0. The summed E-state index contributed by atoms with van der Waals surface area (Å²) in [5, 5.41) is 3.07. The maximum atomic E-state index is 12.6. The molecule has 6 nitrogen and oxygen atoms in total. The first kappa shape index (κ1) is 14.3. The lowest BCUT2D eigenvalue weighted by Gasteiger charge is -2.34. The van der Waals surface area contributed by atoms with Gasteiger partial charge in [0.25, 0.3) is 5.91 Å². The number of benzene rings is 1. The summed E-state index contributed by atoms with van der Waals surface area (Å²) in [5.41, 5.74) is 5.83. The molecule has 1 unspecified atom stereocenters. The van der Waals surface area contributed by atoms with Gasteiger partial charge >= 0.3 is 0 Å². The van der Waals surface area contributed by atoms with Gasteiger partial charge < -0.3 is 20.7 Å². The lowest BCUT2D eigenvalue weighted by molar-refractivity contribution is -0.122. The van der Waals surface area contributed by atoms with E-state index in [4.69, 9.17) is 10.5 Å². The molecule has 1 heterocycles. The average molecular weight is 277 g/mol. The van der Waals surface area contributed by atoms with Crippen LogP contribution in [0.5, 0.6) is 5.75 Å². The fourth-order valence-electron chi connectivity index (χ4n) is 2.28. The van der Waals surface area contributed by atoms with Gasteiger partial charge in [-0.2, -0.15) is 0 Å². The van der Waals surface area contributed by atoms with Gasteiger partial charge in [-0.05, 0) is 19.1 Å². The first-order valence-corrected chi connectivity index (χ1v) is 6.68. The molecule has 6 heteroatoms. The highest BCUT2D eigenvalue weighted by Gasteiger charge is 2.32. The van der Waals surface area contributed by atoms with Gasteiger partial charge in [0.1, 0.15) is 11.8 Å². The highest BCUT2D eigenvalue weighted by atomic mass is 16.5. The zero-order chi connectivity index (χ0) is 14.5. The van der Waals surface area contributed by atoms with Crippen LogP contribution in [0.25, 0.3) is 0 Å². The monoisotopic (exact) mass is 277 g/mol. The van der Waals surface area contributed by atoms with Crippen LogP contribution in [-0.4, -0.2) is 49.0 Å². The third kappa shape index (κ3) is 2.91. The average Bonchev–Trinajstić information content (AvgIpc) is 2.47. The van der Waals surface area contributed by atoms with Gasteiger partial charge in [0, 0.05) is 19.6 Å². The fourth-order valence-corrected chi connectivity index (χ4v) is 2.28. The quantitative estimate of drug-likeness (QED) is 0.810. The number of amides is 2. The van der Waals surface area contributed by atoms with Crippen molar-refractivity contribution < 1.29 is 14.3 Å². The summed E-state index contributed by atoms with van der Waals surface area (Å²) in [6.45, 7) is 3.82. The summed E-state index contributed by atoms with van der Waals surface area (Å²) < 4.78 is 5.47.